The van der Waals surface area contributed by atoms with E-state index in [0.29, 0.717) is 5.69 Å². The van der Waals surface area contributed by atoms with Crippen molar-refractivity contribution in [3.63, 3.8) is 0 Å². The zero-order valence-corrected chi connectivity index (χ0v) is 17.0. The van der Waals surface area contributed by atoms with E-state index in [-0.39, 0.29) is 17.0 Å². The molecule has 2 nitrogen and oxygen atoms in total. The van der Waals surface area contributed by atoms with Crippen molar-refractivity contribution in [1.82, 2.24) is 0 Å². The van der Waals surface area contributed by atoms with E-state index < -0.39 is 23.5 Å². The minimum Gasteiger partial charge on any atom is -0.369 e. The van der Waals surface area contributed by atoms with Crippen molar-refractivity contribution < 1.29 is 31.4 Å². The first-order valence-electron chi connectivity index (χ1n) is 8.67. The van der Waals surface area contributed by atoms with Crippen molar-refractivity contribution in [3.05, 3.63) is 59.2 Å². The monoisotopic (exact) mass is 437 g/mol. The minimum atomic E-state index is -5.92. The summed E-state index contributed by atoms with van der Waals surface area (Å²) in [5.41, 5.74) is -5.20. The van der Waals surface area contributed by atoms with Gasteiger partial charge in [0.05, 0.1) is 5.69 Å². The number of nitrogens with zero attached hydrogens (tertiary/aromatic N) is 1. The normalized spacial score (nSPS) is 13.1. The number of rotatable bonds is 5. The zero-order valence-electron chi connectivity index (χ0n) is 16.2. The molecule has 2 rings (SSSR count). The summed E-state index contributed by atoms with van der Waals surface area (Å²) in [7, 11) is 1.69. The maximum Gasteiger partial charge on any atom is 0.430 e. The van der Waals surface area contributed by atoms with Crippen LogP contribution in [0.25, 0.3) is 0 Å². The second kappa shape index (κ2) is 8.10. The molecular formula is C20H21F6NOS. The summed E-state index contributed by atoms with van der Waals surface area (Å²) in [4.78, 5) is 0.857. The van der Waals surface area contributed by atoms with E-state index in [1.165, 1.54) is 18.9 Å². The van der Waals surface area contributed by atoms with Gasteiger partial charge in [-0.3, -0.25) is 0 Å². The highest BCUT2D eigenvalue weighted by Gasteiger charge is 2.71. The molecule has 0 amide bonds. The highest BCUT2D eigenvalue weighted by atomic mass is 32.2. The van der Waals surface area contributed by atoms with Crippen molar-refractivity contribution in [3.8, 4) is 0 Å². The minimum absolute atomic E-state index is 0.198. The molecule has 29 heavy (non-hydrogen) atoms. The van der Waals surface area contributed by atoms with E-state index in [1.54, 1.807) is 25.2 Å². The third-order valence-corrected chi connectivity index (χ3v) is 5.43. The maximum absolute atomic E-state index is 13.3. The number of halogens is 6. The lowest BCUT2D eigenvalue weighted by molar-refractivity contribution is -0.376. The molecule has 0 aliphatic heterocycles. The van der Waals surface area contributed by atoms with E-state index >= 15 is 0 Å². The maximum atomic E-state index is 13.3. The second-order valence-electron chi connectivity index (χ2n) is 6.99. The number of benzene rings is 2. The Bertz CT molecular complexity index is 835. The summed E-state index contributed by atoms with van der Waals surface area (Å²) in [5.74, 6) is -0.381. The van der Waals surface area contributed by atoms with Crippen molar-refractivity contribution in [2.45, 2.75) is 49.5 Å². The highest BCUT2D eigenvalue weighted by Crippen LogP contribution is 2.51. The molecule has 2 aromatic rings. The summed E-state index contributed by atoms with van der Waals surface area (Å²) in [6.07, 6.45) is -11.8. The molecule has 0 bridgehead atoms. The van der Waals surface area contributed by atoms with Crippen LogP contribution in [0.3, 0.4) is 0 Å². The molecule has 2 aromatic carbocycles. The van der Waals surface area contributed by atoms with Crippen molar-refractivity contribution in [2.75, 3.05) is 11.4 Å². The quantitative estimate of drug-likeness (QED) is 0.423. The second-order valence-corrected chi connectivity index (χ2v) is 8.20. The van der Waals surface area contributed by atoms with E-state index in [0.717, 1.165) is 17.0 Å². The number of aliphatic hydroxyl groups is 1. The molecule has 160 valence electrons. The van der Waals surface area contributed by atoms with Gasteiger partial charge >= 0.3 is 12.4 Å². The lowest BCUT2D eigenvalue weighted by Crippen LogP contribution is -2.54. The molecule has 0 radical (unpaired) electrons. The first-order valence-corrected chi connectivity index (χ1v) is 9.45. The largest absolute Gasteiger partial charge is 0.430 e. The molecule has 0 aliphatic carbocycles. The summed E-state index contributed by atoms with van der Waals surface area (Å²) >= 11 is 1.29. The van der Waals surface area contributed by atoms with Gasteiger partial charge in [-0.2, -0.15) is 26.3 Å². The van der Waals surface area contributed by atoms with Crippen LogP contribution in [0.15, 0.2) is 47.4 Å². The average molecular weight is 437 g/mol. The third-order valence-electron chi connectivity index (χ3n) is 4.49. The molecule has 0 unspecified atom stereocenters. The smallest absolute Gasteiger partial charge is 0.369 e. The Kier molecular flexibility index (Phi) is 6.54. The van der Waals surface area contributed by atoms with Crippen LogP contribution in [0.1, 0.15) is 36.5 Å². The standard InChI is InChI=1S/C20H21F6NOS/c1-12(2)16-11-14(18(28,19(21,22)23)20(24,25)26)10-13(3)17(16)27(4)29-15-8-6-5-7-9-15/h5-12,28H,1-4H3. The lowest BCUT2D eigenvalue weighted by Gasteiger charge is -2.34. The Labute approximate surface area is 169 Å². The SMILES string of the molecule is Cc1cc(C(O)(C(F)(F)F)C(F)(F)F)cc(C(C)C)c1N(C)Sc1ccccc1. The summed E-state index contributed by atoms with van der Waals surface area (Å²) in [6.45, 7) is 4.77. The summed E-state index contributed by atoms with van der Waals surface area (Å²) < 4.78 is 81.6. The Morgan fingerprint density at radius 2 is 1.45 bits per heavy atom. The van der Waals surface area contributed by atoms with Gasteiger partial charge < -0.3 is 9.41 Å². The third kappa shape index (κ3) is 4.50. The molecule has 1 N–H and O–H groups in total. The topological polar surface area (TPSA) is 23.5 Å². The highest BCUT2D eigenvalue weighted by molar-refractivity contribution is 8.00. The van der Waals surface area contributed by atoms with Gasteiger partial charge in [0.15, 0.2) is 0 Å². The van der Waals surface area contributed by atoms with Gasteiger partial charge in [0.1, 0.15) is 0 Å². The Morgan fingerprint density at radius 3 is 1.90 bits per heavy atom. The predicted octanol–water partition coefficient (Wildman–Crippen LogP) is 6.57. The van der Waals surface area contributed by atoms with Gasteiger partial charge in [-0.05, 0) is 54.1 Å². The molecule has 9 heteroatoms. The number of aryl methyl sites for hydroxylation is 1. The van der Waals surface area contributed by atoms with Crippen LogP contribution in [0, 0.1) is 6.92 Å². The molecule has 0 spiro atoms. The fourth-order valence-corrected chi connectivity index (χ4v) is 3.99. The summed E-state index contributed by atoms with van der Waals surface area (Å²) in [6, 6.07) is 10.7. The zero-order chi connectivity index (χ0) is 22.2. The van der Waals surface area contributed by atoms with Crippen molar-refractivity contribution in [1.29, 1.82) is 0 Å². The van der Waals surface area contributed by atoms with Gasteiger partial charge in [0, 0.05) is 17.5 Å². The van der Waals surface area contributed by atoms with Crippen LogP contribution in [-0.4, -0.2) is 24.5 Å². The molecule has 0 fully saturated rings. The molecule has 0 aromatic heterocycles. The van der Waals surface area contributed by atoms with E-state index in [4.69, 9.17) is 0 Å². The van der Waals surface area contributed by atoms with Crippen molar-refractivity contribution >= 4 is 17.6 Å². The fraction of sp³-hybridized carbons (Fsp3) is 0.400. The van der Waals surface area contributed by atoms with E-state index in [2.05, 4.69) is 0 Å². The van der Waals surface area contributed by atoms with Gasteiger partial charge in [-0.1, -0.05) is 38.1 Å². The first-order chi connectivity index (χ1) is 13.2. The fourth-order valence-electron chi connectivity index (χ4n) is 3.06. The van der Waals surface area contributed by atoms with E-state index in [9.17, 15) is 31.4 Å². The molecular weight excluding hydrogens is 416 g/mol. The van der Waals surface area contributed by atoms with Gasteiger partial charge in [-0.15, -0.1) is 0 Å². The number of anilines is 1. The molecule has 0 saturated heterocycles. The number of hydrogen-bond donors (Lipinski definition) is 1. The average Bonchev–Trinajstić information content (AvgIpc) is 2.58. The van der Waals surface area contributed by atoms with Crippen LogP contribution in [0.5, 0.6) is 0 Å². The molecule has 0 atom stereocenters. The van der Waals surface area contributed by atoms with Gasteiger partial charge in [0.2, 0.25) is 0 Å². The number of alkyl halides is 6. The lowest BCUT2D eigenvalue weighted by atomic mass is 9.86. The van der Waals surface area contributed by atoms with Crippen LogP contribution in [-0.2, 0) is 5.60 Å². The van der Waals surface area contributed by atoms with Crippen molar-refractivity contribution in [2.24, 2.45) is 0 Å². The summed E-state index contributed by atoms with van der Waals surface area (Å²) in [5, 5.41) is 9.78. The Morgan fingerprint density at radius 1 is 0.931 bits per heavy atom. The van der Waals surface area contributed by atoms with E-state index in [1.807, 2.05) is 30.3 Å². The van der Waals surface area contributed by atoms with Gasteiger partial charge in [-0.25, -0.2) is 0 Å². The Hall–Kier alpha value is -1.87. The van der Waals surface area contributed by atoms with Crippen LogP contribution in [0.4, 0.5) is 32.0 Å². The number of hydrogen-bond acceptors (Lipinski definition) is 3. The van der Waals surface area contributed by atoms with Crippen LogP contribution in [0.2, 0.25) is 0 Å². The van der Waals surface area contributed by atoms with Gasteiger partial charge in [0.25, 0.3) is 5.60 Å². The first kappa shape index (κ1) is 23.4. The Balaban J connectivity index is 2.64. The molecule has 0 saturated carbocycles. The molecule has 0 aliphatic rings. The van der Waals surface area contributed by atoms with Crippen LogP contribution < -0.4 is 4.31 Å². The predicted molar refractivity (Wildman–Crippen MR) is 102 cm³/mol. The van der Waals surface area contributed by atoms with Crippen LogP contribution >= 0.6 is 11.9 Å². The molecule has 0 heterocycles.